The van der Waals surface area contributed by atoms with Gasteiger partial charge in [-0.25, -0.2) is 0 Å². The van der Waals surface area contributed by atoms with Crippen molar-refractivity contribution in [2.75, 3.05) is 4.90 Å². The first kappa shape index (κ1) is 32.1. The lowest BCUT2D eigenvalue weighted by atomic mass is 9.79. The van der Waals surface area contributed by atoms with Crippen LogP contribution in [-0.2, 0) is 10.8 Å². The second-order valence-electron chi connectivity index (χ2n) is 16.7. The van der Waals surface area contributed by atoms with Gasteiger partial charge in [-0.3, -0.25) is 0 Å². The first-order valence-electron chi connectivity index (χ1n) is 19.5. The molecule has 0 radical (unpaired) electrons. The minimum Gasteiger partial charge on any atom is -0.310 e. The lowest BCUT2D eigenvalue weighted by Crippen LogP contribution is -2.17. The third-order valence-electron chi connectivity index (χ3n) is 12.8. The van der Waals surface area contributed by atoms with Crippen molar-refractivity contribution in [3.05, 3.63) is 192 Å². The van der Waals surface area contributed by atoms with Gasteiger partial charge >= 0.3 is 0 Å². The molecule has 55 heavy (non-hydrogen) atoms. The van der Waals surface area contributed by atoms with E-state index in [1.807, 2.05) is 0 Å². The van der Waals surface area contributed by atoms with Crippen molar-refractivity contribution in [1.29, 1.82) is 0 Å². The average Bonchev–Trinajstić information content (AvgIpc) is 3.73. The highest BCUT2D eigenvalue weighted by Crippen LogP contribution is 2.57. The molecule has 2 aliphatic rings. The first-order valence-corrected chi connectivity index (χ1v) is 19.5. The smallest absolute Gasteiger partial charge is 0.0542 e. The van der Waals surface area contributed by atoms with Crippen LogP contribution < -0.4 is 4.90 Å². The summed E-state index contributed by atoms with van der Waals surface area (Å²) in [6, 6.07) is 61.1. The minimum absolute atomic E-state index is 0.0370. The number of fused-ring (bicyclic) bond motifs is 10. The Hall–Kier alpha value is -6.38. The predicted molar refractivity (Wildman–Crippen MR) is 233 cm³/mol. The lowest BCUT2D eigenvalue weighted by Gasteiger charge is -2.26. The Kier molecular flexibility index (Phi) is 6.60. The van der Waals surface area contributed by atoms with Crippen molar-refractivity contribution in [1.82, 2.24) is 4.57 Å². The van der Waals surface area contributed by atoms with Crippen molar-refractivity contribution >= 4 is 49.6 Å². The Bertz CT molecular complexity index is 3040. The number of para-hydroxylation sites is 3. The lowest BCUT2D eigenvalue weighted by molar-refractivity contribution is 0.652. The maximum atomic E-state index is 2.52. The van der Waals surface area contributed by atoms with Gasteiger partial charge in [0.1, 0.15) is 0 Å². The molecule has 0 atom stereocenters. The first-order chi connectivity index (χ1) is 26.7. The van der Waals surface area contributed by atoms with Crippen LogP contribution in [0.5, 0.6) is 0 Å². The molecule has 1 aromatic heterocycles. The van der Waals surface area contributed by atoms with Gasteiger partial charge < -0.3 is 9.47 Å². The van der Waals surface area contributed by atoms with Crippen LogP contribution in [0.15, 0.2) is 164 Å². The maximum absolute atomic E-state index is 2.52. The van der Waals surface area contributed by atoms with Gasteiger partial charge in [-0.1, -0.05) is 112 Å². The number of anilines is 3. The maximum Gasteiger partial charge on any atom is 0.0542 e. The normalized spacial score (nSPS) is 14.6. The summed E-state index contributed by atoms with van der Waals surface area (Å²) in [6.45, 7) is 11.8. The molecular formula is C53H42N2. The van der Waals surface area contributed by atoms with Crippen LogP contribution >= 0.6 is 0 Å². The van der Waals surface area contributed by atoms with Gasteiger partial charge in [-0.15, -0.1) is 0 Å². The van der Waals surface area contributed by atoms with Gasteiger partial charge in [0, 0.05) is 44.4 Å². The molecule has 0 saturated carbocycles. The van der Waals surface area contributed by atoms with Crippen molar-refractivity contribution in [3.63, 3.8) is 0 Å². The van der Waals surface area contributed by atoms with Crippen molar-refractivity contribution in [2.45, 2.75) is 45.4 Å². The molecular weight excluding hydrogens is 665 g/mol. The van der Waals surface area contributed by atoms with E-state index < -0.39 is 0 Å². The molecule has 0 amide bonds. The predicted octanol–water partition coefficient (Wildman–Crippen LogP) is 14.3. The van der Waals surface area contributed by atoms with Crippen molar-refractivity contribution in [2.24, 2.45) is 0 Å². The third kappa shape index (κ3) is 4.55. The zero-order valence-electron chi connectivity index (χ0n) is 32.0. The second kappa shape index (κ2) is 11.3. The molecule has 1 heterocycles. The highest BCUT2D eigenvalue weighted by atomic mass is 15.1. The van der Waals surface area contributed by atoms with Gasteiger partial charge in [0.15, 0.2) is 0 Å². The van der Waals surface area contributed by atoms with E-state index in [0.29, 0.717) is 0 Å². The summed E-state index contributed by atoms with van der Waals surface area (Å²) in [6.07, 6.45) is 0. The summed E-state index contributed by atoms with van der Waals surface area (Å²) in [7, 11) is 0. The van der Waals surface area contributed by atoms with E-state index in [0.717, 1.165) is 17.1 Å². The van der Waals surface area contributed by atoms with Crippen LogP contribution in [0.3, 0.4) is 0 Å². The Labute approximate surface area is 322 Å². The molecule has 2 heteroatoms. The van der Waals surface area contributed by atoms with Crippen LogP contribution in [0.2, 0.25) is 0 Å². The van der Waals surface area contributed by atoms with Gasteiger partial charge in [-0.2, -0.15) is 0 Å². The van der Waals surface area contributed by atoms with Gasteiger partial charge in [0.2, 0.25) is 0 Å². The fourth-order valence-corrected chi connectivity index (χ4v) is 9.92. The van der Waals surface area contributed by atoms with Crippen LogP contribution in [-0.4, -0.2) is 4.57 Å². The summed E-state index contributed by atoms with van der Waals surface area (Å²) in [5.74, 6) is 0. The van der Waals surface area contributed by atoms with E-state index in [1.165, 1.54) is 88.3 Å². The molecule has 2 aliphatic carbocycles. The minimum atomic E-state index is -0.126. The number of rotatable bonds is 4. The summed E-state index contributed by atoms with van der Waals surface area (Å²) in [5.41, 5.74) is 19.4. The number of nitrogens with zero attached hydrogens (tertiary/aromatic N) is 2. The number of hydrogen-bond donors (Lipinski definition) is 0. The Morgan fingerprint density at radius 1 is 0.400 bits per heavy atom. The van der Waals surface area contributed by atoms with Crippen LogP contribution in [0.1, 0.15) is 55.5 Å². The van der Waals surface area contributed by atoms with E-state index in [4.69, 9.17) is 0 Å². The Morgan fingerprint density at radius 3 is 1.75 bits per heavy atom. The zero-order chi connectivity index (χ0) is 37.2. The molecule has 0 N–H and O–H groups in total. The van der Waals surface area contributed by atoms with Crippen LogP contribution in [0.25, 0.3) is 60.5 Å². The fraction of sp³-hybridized carbons (Fsp3) is 0.132. The number of aryl methyl sites for hydroxylation is 1. The molecule has 0 unspecified atom stereocenters. The molecule has 0 spiro atoms. The van der Waals surface area contributed by atoms with E-state index in [9.17, 15) is 0 Å². The standard InChI is InChI=1S/C53H42N2/c1-33-20-24-40-43-31-49-44(32-48(43)52(2,3)46(40)26-33)42-28-34-21-22-38(27-35(34)29-47(42)53(49,4)5)54(36-14-8-6-9-15-36)39-23-25-51-45(30-39)41-18-12-13-19-50(41)55(51)37-16-10-7-11-17-37/h6-32H,1-5H3. The van der Waals surface area contributed by atoms with Gasteiger partial charge in [0.25, 0.3) is 0 Å². The highest BCUT2D eigenvalue weighted by Gasteiger charge is 2.41. The molecule has 0 saturated heterocycles. The fourth-order valence-electron chi connectivity index (χ4n) is 9.92. The molecule has 264 valence electrons. The molecule has 9 aromatic rings. The van der Waals surface area contributed by atoms with Crippen LogP contribution in [0.4, 0.5) is 17.1 Å². The van der Waals surface area contributed by atoms with Crippen molar-refractivity contribution < 1.29 is 0 Å². The molecule has 0 aliphatic heterocycles. The Morgan fingerprint density at radius 2 is 0.982 bits per heavy atom. The SMILES string of the molecule is Cc1ccc2c(c1)C(C)(C)c1cc3c(cc1-2)C(C)(C)c1cc2cc(N(c4ccccc4)c4ccc5c(c4)c4ccccc4n5-c4ccccc4)ccc2cc1-3. The number of aromatic nitrogens is 1. The average molecular weight is 707 g/mol. The summed E-state index contributed by atoms with van der Waals surface area (Å²) < 4.78 is 2.38. The summed E-state index contributed by atoms with van der Waals surface area (Å²) in [4.78, 5) is 2.41. The van der Waals surface area contributed by atoms with E-state index in [-0.39, 0.29) is 10.8 Å². The molecule has 2 nitrogen and oxygen atoms in total. The van der Waals surface area contributed by atoms with Gasteiger partial charge in [-0.05, 0) is 147 Å². The zero-order valence-corrected chi connectivity index (χ0v) is 32.0. The largest absolute Gasteiger partial charge is 0.310 e. The van der Waals surface area contributed by atoms with Crippen LogP contribution in [0, 0.1) is 6.92 Å². The molecule has 0 fully saturated rings. The molecule has 0 bridgehead atoms. The monoisotopic (exact) mass is 706 g/mol. The number of hydrogen-bond acceptors (Lipinski definition) is 1. The Balaban J connectivity index is 1.06. The molecule has 8 aromatic carbocycles. The highest BCUT2D eigenvalue weighted by molar-refractivity contribution is 6.11. The summed E-state index contributed by atoms with van der Waals surface area (Å²) in [5, 5.41) is 5.01. The third-order valence-corrected chi connectivity index (χ3v) is 12.8. The second-order valence-corrected chi connectivity index (χ2v) is 16.7. The quantitative estimate of drug-likeness (QED) is 0.177. The van der Waals surface area contributed by atoms with E-state index >= 15 is 0 Å². The van der Waals surface area contributed by atoms with Gasteiger partial charge in [0.05, 0.1) is 11.0 Å². The van der Waals surface area contributed by atoms with E-state index in [2.05, 4.69) is 208 Å². The topological polar surface area (TPSA) is 8.17 Å². The molecule has 11 rings (SSSR count). The number of benzene rings is 8. The summed E-state index contributed by atoms with van der Waals surface area (Å²) >= 11 is 0. The van der Waals surface area contributed by atoms with E-state index in [1.54, 1.807) is 0 Å². The van der Waals surface area contributed by atoms with Crippen molar-refractivity contribution in [3.8, 4) is 27.9 Å².